The van der Waals surface area contributed by atoms with E-state index in [2.05, 4.69) is 9.97 Å². The van der Waals surface area contributed by atoms with Gasteiger partial charge in [-0.05, 0) is 11.8 Å². The Morgan fingerprint density at radius 1 is 1.09 bits per heavy atom. The Bertz CT molecular complexity index is 700. The SMILES string of the molecule is CCSC(=O)C(=O)/C(=C(/O)c1ccccc1)c1ncccn1. The topological polar surface area (TPSA) is 80.2 Å². The number of hydrogen-bond acceptors (Lipinski definition) is 6. The number of Topliss-reactive ketones (excluding diaryl/α,β-unsaturated/α-hetero) is 1. The van der Waals surface area contributed by atoms with Crippen LogP contribution in [0.1, 0.15) is 18.3 Å². The zero-order chi connectivity index (χ0) is 15.9. The highest BCUT2D eigenvalue weighted by Gasteiger charge is 2.26. The van der Waals surface area contributed by atoms with E-state index in [1.165, 1.54) is 12.4 Å². The number of allylic oxidation sites excluding steroid dienone is 1. The summed E-state index contributed by atoms with van der Waals surface area (Å²) in [6.07, 6.45) is 2.90. The van der Waals surface area contributed by atoms with Gasteiger partial charge >= 0.3 is 0 Å². The number of aliphatic hydroxyl groups excluding tert-OH is 1. The van der Waals surface area contributed by atoms with Gasteiger partial charge in [-0.1, -0.05) is 49.0 Å². The highest BCUT2D eigenvalue weighted by molar-refractivity contribution is 8.15. The summed E-state index contributed by atoms with van der Waals surface area (Å²) in [5.41, 5.74) is 0.241. The average Bonchev–Trinajstić information content (AvgIpc) is 2.57. The lowest BCUT2D eigenvalue weighted by atomic mass is 10.0. The van der Waals surface area contributed by atoms with Crippen molar-refractivity contribution in [1.82, 2.24) is 9.97 Å². The molecule has 0 fully saturated rings. The fraction of sp³-hybridized carbons (Fsp3) is 0.125. The van der Waals surface area contributed by atoms with Crippen LogP contribution in [0.2, 0.25) is 0 Å². The summed E-state index contributed by atoms with van der Waals surface area (Å²) in [5, 5.41) is 9.79. The zero-order valence-electron chi connectivity index (χ0n) is 11.9. The van der Waals surface area contributed by atoms with Gasteiger partial charge in [-0.15, -0.1) is 0 Å². The molecule has 0 atom stereocenters. The number of nitrogens with zero attached hydrogens (tertiary/aromatic N) is 2. The third-order valence-electron chi connectivity index (χ3n) is 2.76. The summed E-state index contributed by atoms with van der Waals surface area (Å²) in [6, 6.07) is 10.1. The number of rotatable bonds is 5. The van der Waals surface area contributed by atoms with Crippen molar-refractivity contribution in [2.45, 2.75) is 6.92 Å². The average molecular weight is 314 g/mol. The van der Waals surface area contributed by atoms with Crippen molar-refractivity contribution in [3.05, 3.63) is 60.2 Å². The zero-order valence-corrected chi connectivity index (χ0v) is 12.7. The first-order valence-corrected chi connectivity index (χ1v) is 7.61. The molecule has 2 rings (SSSR count). The van der Waals surface area contributed by atoms with Crippen molar-refractivity contribution < 1.29 is 14.7 Å². The monoisotopic (exact) mass is 314 g/mol. The van der Waals surface area contributed by atoms with E-state index in [1.54, 1.807) is 43.3 Å². The maximum Gasteiger partial charge on any atom is 0.260 e. The first kappa shape index (κ1) is 15.9. The van der Waals surface area contributed by atoms with Gasteiger partial charge in [-0.25, -0.2) is 9.97 Å². The van der Waals surface area contributed by atoms with Crippen LogP contribution < -0.4 is 0 Å². The van der Waals surface area contributed by atoms with E-state index in [9.17, 15) is 14.7 Å². The summed E-state index contributed by atoms with van der Waals surface area (Å²) in [5.74, 6) is -0.611. The molecule has 6 heteroatoms. The van der Waals surface area contributed by atoms with Gasteiger partial charge in [0.25, 0.3) is 5.12 Å². The highest BCUT2D eigenvalue weighted by atomic mass is 32.2. The van der Waals surface area contributed by atoms with Crippen LogP contribution in [0.3, 0.4) is 0 Å². The Kier molecular flexibility index (Phi) is 5.43. The van der Waals surface area contributed by atoms with Crippen LogP contribution in [0.5, 0.6) is 0 Å². The van der Waals surface area contributed by atoms with Gasteiger partial charge < -0.3 is 5.11 Å². The van der Waals surface area contributed by atoms with Gasteiger partial charge in [-0.2, -0.15) is 0 Å². The van der Waals surface area contributed by atoms with E-state index in [0.29, 0.717) is 11.3 Å². The van der Waals surface area contributed by atoms with Crippen molar-refractivity contribution in [2.75, 3.05) is 5.75 Å². The molecule has 0 spiro atoms. The van der Waals surface area contributed by atoms with Crippen LogP contribution in [0, 0.1) is 0 Å². The summed E-state index contributed by atoms with van der Waals surface area (Å²) in [4.78, 5) is 32.2. The number of hydrogen-bond donors (Lipinski definition) is 1. The molecule has 0 amide bonds. The Labute approximate surface area is 132 Å². The molecule has 2 aromatic rings. The third-order valence-corrected chi connectivity index (χ3v) is 3.50. The normalized spacial score (nSPS) is 11.7. The fourth-order valence-electron chi connectivity index (χ4n) is 1.78. The van der Waals surface area contributed by atoms with Gasteiger partial charge in [0, 0.05) is 18.0 Å². The second kappa shape index (κ2) is 7.51. The summed E-state index contributed by atoms with van der Waals surface area (Å²) in [6.45, 7) is 1.77. The fourth-order valence-corrected chi connectivity index (χ4v) is 2.28. The third kappa shape index (κ3) is 3.59. The van der Waals surface area contributed by atoms with Crippen LogP contribution in [0.4, 0.5) is 0 Å². The molecule has 0 saturated carbocycles. The predicted molar refractivity (Wildman–Crippen MR) is 86.1 cm³/mol. The van der Waals surface area contributed by atoms with E-state index in [-0.39, 0.29) is 17.2 Å². The van der Waals surface area contributed by atoms with Gasteiger partial charge in [0.15, 0.2) is 5.82 Å². The van der Waals surface area contributed by atoms with Gasteiger partial charge in [0.05, 0.1) is 0 Å². The number of carbonyl (C=O) groups is 2. The minimum absolute atomic E-state index is 0.0268. The Morgan fingerprint density at radius 3 is 2.32 bits per heavy atom. The van der Waals surface area contributed by atoms with Crippen molar-refractivity contribution in [3.8, 4) is 0 Å². The van der Waals surface area contributed by atoms with Crippen LogP contribution in [0.15, 0.2) is 48.8 Å². The highest BCUT2D eigenvalue weighted by Crippen LogP contribution is 2.24. The number of carbonyl (C=O) groups excluding carboxylic acids is 2. The molecule has 0 aliphatic carbocycles. The lowest BCUT2D eigenvalue weighted by Crippen LogP contribution is -2.16. The Balaban J connectivity index is 2.56. The number of thioether (sulfide) groups is 1. The number of ketones is 1. The largest absolute Gasteiger partial charge is 0.506 e. The molecule has 1 heterocycles. The Morgan fingerprint density at radius 2 is 1.73 bits per heavy atom. The van der Waals surface area contributed by atoms with E-state index in [0.717, 1.165) is 11.8 Å². The number of aromatic nitrogens is 2. The van der Waals surface area contributed by atoms with Crippen LogP contribution in [-0.2, 0) is 9.59 Å². The molecule has 1 N–H and O–H groups in total. The molecule has 0 aliphatic rings. The summed E-state index contributed by atoms with van der Waals surface area (Å²) >= 11 is 0.886. The standard InChI is InChI=1S/C16H14N2O3S/c1-2-22-16(21)14(20)12(15-17-9-6-10-18-15)13(19)11-7-4-3-5-8-11/h3-10,19H,2H2,1H3/b13-12-. The maximum absolute atomic E-state index is 12.4. The van der Waals surface area contributed by atoms with Gasteiger partial charge in [-0.3, -0.25) is 9.59 Å². The lowest BCUT2D eigenvalue weighted by molar-refractivity contribution is -0.128. The first-order chi connectivity index (χ1) is 10.6. The molecular weight excluding hydrogens is 300 g/mol. The van der Waals surface area contributed by atoms with E-state index in [4.69, 9.17) is 0 Å². The first-order valence-electron chi connectivity index (χ1n) is 6.62. The summed E-state index contributed by atoms with van der Waals surface area (Å²) in [7, 11) is 0. The van der Waals surface area contributed by atoms with E-state index < -0.39 is 10.9 Å². The van der Waals surface area contributed by atoms with Gasteiger partial charge in [0.1, 0.15) is 11.3 Å². The molecule has 5 nitrogen and oxygen atoms in total. The molecule has 1 aromatic carbocycles. The minimum atomic E-state index is -0.806. The predicted octanol–water partition coefficient (Wildman–Crippen LogP) is 2.75. The molecule has 0 aliphatic heterocycles. The van der Waals surface area contributed by atoms with Crippen LogP contribution in [-0.4, -0.2) is 31.7 Å². The van der Waals surface area contributed by atoms with E-state index >= 15 is 0 Å². The maximum atomic E-state index is 12.4. The van der Waals surface area contributed by atoms with Crippen molar-refractivity contribution >= 4 is 34.0 Å². The molecule has 112 valence electrons. The van der Waals surface area contributed by atoms with Crippen molar-refractivity contribution in [2.24, 2.45) is 0 Å². The van der Waals surface area contributed by atoms with Crippen LogP contribution >= 0.6 is 11.8 Å². The molecule has 0 bridgehead atoms. The smallest absolute Gasteiger partial charge is 0.260 e. The Hall–Kier alpha value is -2.47. The second-order valence-electron chi connectivity index (χ2n) is 4.21. The minimum Gasteiger partial charge on any atom is -0.506 e. The number of benzene rings is 1. The summed E-state index contributed by atoms with van der Waals surface area (Å²) < 4.78 is 0. The van der Waals surface area contributed by atoms with Crippen molar-refractivity contribution in [3.63, 3.8) is 0 Å². The lowest BCUT2D eigenvalue weighted by Gasteiger charge is -2.08. The molecule has 0 unspecified atom stereocenters. The molecular formula is C16H14N2O3S. The molecule has 1 aromatic heterocycles. The molecule has 22 heavy (non-hydrogen) atoms. The molecule has 0 saturated heterocycles. The quantitative estimate of drug-likeness (QED) is 0.519. The van der Waals surface area contributed by atoms with Crippen molar-refractivity contribution in [1.29, 1.82) is 0 Å². The number of aliphatic hydroxyl groups is 1. The second-order valence-corrected chi connectivity index (χ2v) is 5.45. The molecule has 0 radical (unpaired) electrons. The van der Waals surface area contributed by atoms with Gasteiger partial charge in [0.2, 0.25) is 5.78 Å². The van der Waals surface area contributed by atoms with Crippen LogP contribution in [0.25, 0.3) is 11.3 Å². The van der Waals surface area contributed by atoms with E-state index in [1.807, 2.05) is 0 Å².